The molecule has 3 nitrogen and oxygen atoms in total. The van der Waals surface area contributed by atoms with Crippen LogP contribution in [0.5, 0.6) is 0 Å². The van der Waals surface area contributed by atoms with E-state index in [2.05, 4.69) is 32.7 Å². The summed E-state index contributed by atoms with van der Waals surface area (Å²) in [6.07, 6.45) is 8.47. The highest BCUT2D eigenvalue weighted by molar-refractivity contribution is 7.17. The van der Waals surface area contributed by atoms with Crippen molar-refractivity contribution < 1.29 is 4.79 Å². The van der Waals surface area contributed by atoms with Gasteiger partial charge in [0.2, 0.25) is 0 Å². The number of anilines is 1. The summed E-state index contributed by atoms with van der Waals surface area (Å²) < 4.78 is 0. The number of aldehydes is 1. The minimum Gasteiger partial charge on any atom is -0.348 e. The summed E-state index contributed by atoms with van der Waals surface area (Å²) in [4.78, 5) is 19.2. The first-order valence-corrected chi connectivity index (χ1v) is 9.11. The molecule has 2 rings (SSSR count). The maximum absolute atomic E-state index is 11.3. The van der Waals surface area contributed by atoms with E-state index in [1.54, 1.807) is 11.3 Å². The monoisotopic (exact) mass is 308 g/mol. The van der Waals surface area contributed by atoms with Gasteiger partial charge in [-0.2, -0.15) is 0 Å². The average Bonchev–Trinajstić information content (AvgIpc) is 2.97. The number of thiazole rings is 1. The Morgan fingerprint density at radius 2 is 2.00 bits per heavy atom. The highest BCUT2D eigenvalue weighted by Crippen LogP contribution is 2.35. The Morgan fingerprint density at radius 3 is 2.52 bits per heavy atom. The summed E-state index contributed by atoms with van der Waals surface area (Å²) in [6, 6.07) is 0.586. The third kappa shape index (κ3) is 3.65. The van der Waals surface area contributed by atoms with Gasteiger partial charge in [0.05, 0.1) is 10.6 Å². The lowest BCUT2D eigenvalue weighted by atomic mass is 9.84. The molecule has 0 aliphatic heterocycles. The van der Waals surface area contributed by atoms with E-state index in [1.807, 2.05) is 0 Å². The molecule has 21 heavy (non-hydrogen) atoms. The summed E-state index contributed by atoms with van der Waals surface area (Å²) in [5.41, 5.74) is 0.988. The topological polar surface area (TPSA) is 33.2 Å². The van der Waals surface area contributed by atoms with Crippen LogP contribution < -0.4 is 4.90 Å². The van der Waals surface area contributed by atoms with Crippen molar-refractivity contribution in [2.24, 2.45) is 5.92 Å². The standard InChI is InChI=1S/C17H28N2OS/c1-5-12(3)16-15(11-20)21-17(18-16)19(4)14-9-7-13(6-2)8-10-14/h11-14H,5-10H2,1-4H3. The van der Waals surface area contributed by atoms with Gasteiger partial charge in [-0.05, 0) is 43.9 Å². The molecule has 1 heterocycles. The fraction of sp³-hybridized carbons (Fsp3) is 0.765. The molecule has 1 atom stereocenters. The van der Waals surface area contributed by atoms with Crippen molar-refractivity contribution in [3.63, 3.8) is 0 Å². The molecular weight excluding hydrogens is 280 g/mol. The zero-order valence-electron chi connectivity index (χ0n) is 13.8. The number of aromatic nitrogens is 1. The molecular formula is C17H28N2OS. The molecule has 1 aromatic rings. The predicted molar refractivity (Wildman–Crippen MR) is 90.6 cm³/mol. The molecule has 0 aromatic carbocycles. The van der Waals surface area contributed by atoms with Gasteiger partial charge in [-0.15, -0.1) is 0 Å². The second-order valence-corrected chi connectivity index (χ2v) is 7.38. The molecule has 1 aliphatic rings. The number of carbonyl (C=O) groups is 1. The normalized spacial score (nSPS) is 23.8. The van der Waals surface area contributed by atoms with E-state index in [-0.39, 0.29) is 0 Å². The Labute approximate surface area is 132 Å². The summed E-state index contributed by atoms with van der Waals surface area (Å²) in [7, 11) is 2.14. The lowest BCUT2D eigenvalue weighted by Crippen LogP contribution is -2.35. The van der Waals surface area contributed by atoms with Crippen LogP contribution in [0.25, 0.3) is 0 Å². The number of hydrogen-bond donors (Lipinski definition) is 0. The Hall–Kier alpha value is -0.900. The van der Waals surface area contributed by atoms with E-state index in [0.29, 0.717) is 12.0 Å². The quantitative estimate of drug-likeness (QED) is 0.703. The Kier molecular flexibility index (Phi) is 5.80. The van der Waals surface area contributed by atoms with E-state index < -0.39 is 0 Å². The molecule has 1 aromatic heterocycles. The van der Waals surface area contributed by atoms with E-state index >= 15 is 0 Å². The molecule has 0 amide bonds. The molecule has 0 bridgehead atoms. The van der Waals surface area contributed by atoms with Crippen LogP contribution in [0.2, 0.25) is 0 Å². The van der Waals surface area contributed by atoms with Crippen molar-refractivity contribution in [1.82, 2.24) is 4.98 Å². The second kappa shape index (κ2) is 7.39. The van der Waals surface area contributed by atoms with Crippen LogP contribution in [0.4, 0.5) is 5.13 Å². The number of rotatable bonds is 6. The van der Waals surface area contributed by atoms with Gasteiger partial charge in [-0.1, -0.05) is 38.5 Å². The van der Waals surface area contributed by atoms with Crippen LogP contribution >= 0.6 is 11.3 Å². The summed E-state index contributed by atoms with van der Waals surface area (Å²) in [6.45, 7) is 6.59. The summed E-state index contributed by atoms with van der Waals surface area (Å²) in [5, 5.41) is 1.02. The van der Waals surface area contributed by atoms with Crippen LogP contribution in [0, 0.1) is 5.92 Å². The molecule has 1 saturated carbocycles. The zero-order valence-corrected chi connectivity index (χ0v) is 14.6. The molecule has 118 valence electrons. The van der Waals surface area contributed by atoms with Gasteiger partial charge in [0.15, 0.2) is 11.4 Å². The van der Waals surface area contributed by atoms with Gasteiger partial charge in [0.1, 0.15) is 0 Å². The van der Waals surface area contributed by atoms with Crippen molar-refractivity contribution in [3.05, 3.63) is 10.6 Å². The minimum absolute atomic E-state index is 0.361. The van der Waals surface area contributed by atoms with Crippen molar-refractivity contribution in [2.45, 2.75) is 71.3 Å². The molecule has 1 fully saturated rings. The largest absolute Gasteiger partial charge is 0.348 e. The van der Waals surface area contributed by atoms with Crippen LogP contribution in [-0.4, -0.2) is 24.4 Å². The number of nitrogens with zero attached hydrogens (tertiary/aromatic N) is 2. The zero-order chi connectivity index (χ0) is 15.4. The van der Waals surface area contributed by atoms with E-state index in [1.165, 1.54) is 32.1 Å². The van der Waals surface area contributed by atoms with Crippen LogP contribution in [0.1, 0.15) is 80.6 Å². The first-order chi connectivity index (χ1) is 10.1. The van der Waals surface area contributed by atoms with Crippen LogP contribution in [0.15, 0.2) is 0 Å². The average molecular weight is 308 g/mol. The third-order valence-electron chi connectivity index (χ3n) is 5.10. The lowest BCUT2D eigenvalue weighted by Gasteiger charge is -2.34. The maximum Gasteiger partial charge on any atom is 0.186 e. The Balaban J connectivity index is 2.11. The van der Waals surface area contributed by atoms with Crippen LogP contribution in [-0.2, 0) is 0 Å². The molecule has 1 unspecified atom stereocenters. The smallest absolute Gasteiger partial charge is 0.186 e. The SMILES string of the molecule is CCC1CCC(N(C)c2nc(C(C)CC)c(C=O)s2)CC1. The van der Waals surface area contributed by atoms with Crippen molar-refractivity contribution in [1.29, 1.82) is 0 Å². The van der Waals surface area contributed by atoms with Gasteiger partial charge < -0.3 is 4.90 Å². The fourth-order valence-electron chi connectivity index (χ4n) is 3.21. The van der Waals surface area contributed by atoms with Gasteiger partial charge in [0, 0.05) is 13.1 Å². The highest BCUT2D eigenvalue weighted by atomic mass is 32.1. The minimum atomic E-state index is 0.361. The molecule has 0 saturated heterocycles. The van der Waals surface area contributed by atoms with Gasteiger partial charge in [-0.25, -0.2) is 4.98 Å². The third-order valence-corrected chi connectivity index (χ3v) is 6.19. The van der Waals surface area contributed by atoms with Gasteiger partial charge in [-0.3, -0.25) is 4.79 Å². The molecule has 0 spiro atoms. The first kappa shape index (κ1) is 16.5. The molecule has 0 radical (unpaired) electrons. The Morgan fingerprint density at radius 1 is 1.33 bits per heavy atom. The summed E-state index contributed by atoms with van der Waals surface area (Å²) in [5.74, 6) is 1.27. The van der Waals surface area contributed by atoms with Crippen molar-refractivity contribution in [2.75, 3.05) is 11.9 Å². The van der Waals surface area contributed by atoms with Gasteiger partial charge >= 0.3 is 0 Å². The van der Waals surface area contributed by atoms with Crippen molar-refractivity contribution >= 4 is 22.8 Å². The maximum atomic E-state index is 11.3. The summed E-state index contributed by atoms with van der Waals surface area (Å²) >= 11 is 1.56. The predicted octanol–water partition coefficient (Wildman–Crippen LogP) is 4.87. The van der Waals surface area contributed by atoms with E-state index in [0.717, 1.165) is 34.3 Å². The van der Waals surface area contributed by atoms with Crippen molar-refractivity contribution in [3.8, 4) is 0 Å². The molecule has 1 aliphatic carbocycles. The Bertz CT molecular complexity index is 463. The first-order valence-electron chi connectivity index (χ1n) is 8.29. The number of hydrogen-bond acceptors (Lipinski definition) is 4. The lowest BCUT2D eigenvalue weighted by molar-refractivity contribution is 0.112. The molecule has 4 heteroatoms. The van der Waals surface area contributed by atoms with Gasteiger partial charge in [0.25, 0.3) is 0 Å². The highest BCUT2D eigenvalue weighted by Gasteiger charge is 2.26. The molecule has 0 N–H and O–H groups in total. The van der Waals surface area contributed by atoms with Crippen LogP contribution in [0.3, 0.4) is 0 Å². The number of carbonyl (C=O) groups excluding carboxylic acids is 1. The fourth-order valence-corrected chi connectivity index (χ4v) is 4.24. The second-order valence-electron chi connectivity index (χ2n) is 6.37. The van der Waals surface area contributed by atoms with E-state index in [4.69, 9.17) is 4.98 Å². The van der Waals surface area contributed by atoms with E-state index in [9.17, 15) is 4.79 Å².